The highest BCUT2D eigenvalue weighted by molar-refractivity contribution is 5.16. The van der Waals surface area contributed by atoms with E-state index in [-0.39, 0.29) is 37.1 Å². The molecule has 0 radical (unpaired) electrons. The van der Waals surface area contributed by atoms with Crippen LogP contribution in [-0.4, -0.2) is 73.8 Å². The van der Waals surface area contributed by atoms with E-state index in [0.29, 0.717) is 52.5 Å². The molecule has 8 nitrogen and oxygen atoms in total. The standard InChI is InChI=1S/C48H62O8/c1-2-3-4-5-6-19-30-50-36-44-48(54-35-40-26-17-10-18-27-40)46(52-33-38-22-13-8-14-23-38)42(56-44)29-28-41-45(51-32-37-20-11-7-12-21-37)47(43(31-49)55-41)53-34-39-24-15-9-16-25-39/h7-18,20-27,41-49H,2-6,19,28-36H2,1H3/t41-,42-,43-,44-,45-,46-,47-,48-/m1/s1. The van der Waals surface area contributed by atoms with E-state index < -0.39 is 18.3 Å². The zero-order valence-corrected chi connectivity index (χ0v) is 33.1. The first kappa shape index (κ1) is 42.2. The predicted molar refractivity (Wildman–Crippen MR) is 218 cm³/mol. The molecular formula is C48H62O8. The number of benzene rings is 4. The van der Waals surface area contributed by atoms with E-state index in [1.165, 1.54) is 32.1 Å². The molecule has 0 aromatic heterocycles. The van der Waals surface area contributed by atoms with Gasteiger partial charge in [0.2, 0.25) is 0 Å². The van der Waals surface area contributed by atoms with Crippen molar-refractivity contribution < 1.29 is 38.3 Å². The van der Waals surface area contributed by atoms with Crippen LogP contribution in [0.1, 0.15) is 80.5 Å². The molecule has 1 N–H and O–H groups in total. The largest absolute Gasteiger partial charge is 0.394 e. The molecule has 2 aliphatic rings. The zero-order valence-electron chi connectivity index (χ0n) is 33.1. The monoisotopic (exact) mass is 766 g/mol. The number of hydrogen-bond acceptors (Lipinski definition) is 8. The Bertz CT molecular complexity index is 1590. The molecule has 6 rings (SSSR count). The fraction of sp³-hybridized carbons (Fsp3) is 0.500. The molecular weight excluding hydrogens is 705 g/mol. The topological polar surface area (TPSA) is 84.8 Å². The van der Waals surface area contributed by atoms with E-state index in [1.807, 2.05) is 84.9 Å². The van der Waals surface area contributed by atoms with Gasteiger partial charge in [-0.25, -0.2) is 0 Å². The molecule has 2 fully saturated rings. The number of rotatable bonds is 25. The summed E-state index contributed by atoms with van der Waals surface area (Å²) in [6, 6.07) is 40.7. The van der Waals surface area contributed by atoms with Crippen LogP contribution in [0.5, 0.6) is 0 Å². The van der Waals surface area contributed by atoms with Crippen molar-refractivity contribution in [3.63, 3.8) is 0 Å². The molecule has 2 aliphatic heterocycles. The molecule has 8 heteroatoms. The first-order valence-electron chi connectivity index (χ1n) is 20.8. The lowest BCUT2D eigenvalue weighted by atomic mass is 9.98. The third kappa shape index (κ3) is 13.0. The van der Waals surface area contributed by atoms with Crippen molar-refractivity contribution in [2.45, 2.75) is 134 Å². The van der Waals surface area contributed by atoms with Crippen LogP contribution < -0.4 is 0 Å². The number of aliphatic hydroxyl groups is 1. The summed E-state index contributed by atoms with van der Waals surface area (Å²) in [6.07, 6.45) is 5.55. The number of hydrogen-bond donors (Lipinski definition) is 1. The van der Waals surface area contributed by atoms with Gasteiger partial charge < -0.3 is 38.3 Å². The molecule has 302 valence electrons. The van der Waals surface area contributed by atoms with Crippen LogP contribution in [-0.2, 0) is 59.6 Å². The van der Waals surface area contributed by atoms with E-state index >= 15 is 0 Å². The lowest BCUT2D eigenvalue weighted by molar-refractivity contribution is -0.0894. The van der Waals surface area contributed by atoms with Crippen molar-refractivity contribution in [2.75, 3.05) is 19.8 Å². The van der Waals surface area contributed by atoms with Gasteiger partial charge >= 0.3 is 0 Å². The maximum atomic E-state index is 10.5. The average molecular weight is 767 g/mol. The van der Waals surface area contributed by atoms with E-state index in [0.717, 1.165) is 28.7 Å². The fourth-order valence-corrected chi connectivity index (χ4v) is 7.74. The van der Waals surface area contributed by atoms with Crippen LogP contribution >= 0.6 is 0 Å². The lowest BCUT2D eigenvalue weighted by Gasteiger charge is -2.27. The quantitative estimate of drug-likeness (QED) is 0.0670. The Labute approximate surface area is 334 Å². The van der Waals surface area contributed by atoms with E-state index in [9.17, 15) is 5.11 Å². The van der Waals surface area contributed by atoms with Gasteiger partial charge in [-0.15, -0.1) is 0 Å². The fourth-order valence-electron chi connectivity index (χ4n) is 7.74. The van der Waals surface area contributed by atoms with Crippen molar-refractivity contribution in [3.05, 3.63) is 144 Å². The molecule has 4 aromatic carbocycles. The number of ether oxygens (including phenoxy) is 7. The Kier molecular flexibility index (Phi) is 17.9. The van der Waals surface area contributed by atoms with Gasteiger partial charge in [0.05, 0.1) is 51.8 Å². The molecule has 8 atom stereocenters. The molecule has 0 aliphatic carbocycles. The van der Waals surface area contributed by atoms with Crippen LogP contribution in [0.3, 0.4) is 0 Å². The van der Waals surface area contributed by atoms with Gasteiger partial charge in [0.1, 0.15) is 36.6 Å². The average Bonchev–Trinajstić information content (AvgIpc) is 3.77. The van der Waals surface area contributed by atoms with Crippen molar-refractivity contribution >= 4 is 0 Å². The maximum absolute atomic E-state index is 10.5. The third-order valence-corrected chi connectivity index (χ3v) is 10.8. The summed E-state index contributed by atoms with van der Waals surface area (Å²) in [7, 11) is 0. The summed E-state index contributed by atoms with van der Waals surface area (Å²) in [5.74, 6) is 0. The Morgan fingerprint density at radius 3 is 1.21 bits per heavy atom. The lowest BCUT2D eigenvalue weighted by Crippen LogP contribution is -2.40. The normalized spacial score (nSPS) is 24.8. The second-order valence-electron chi connectivity index (χ2n) is 15.1. The van der Waals surface area contributed by atoms with Crippen molar-refractivity contribution in [3.8, 4) is 0 Å². The highest BCUT2D eigenvalue weighted by Crippen LogP contribution is 2.36. The van der Waals surface area contributed by atoms with E-state index in [1.54, 1.807) is 0 Å². The molecule has 0 spiro atoms. The van der Waals surface area contributed by atoms with E-state index in [2.05, 4.69) is 43.3 Å². The van der Waals surface area contributed by atoms with Crippen LogP contribution in [0.4, 0.5) is 0 Å². The second-order valence-corrected chi connectivity index (χ2v) is 15.1. The first-order chi connectivity index (χ1) is 27.7. The molecule has 4 aromatic rings. The Hall–Kier alpha value is -3.44. The Morgan fingerprint density at radius 2 is 0.804 bits per heavy atom. The summed E-state index contributed by atoms with van der Waals surface area (Å²) in [6.45, 7) is 4.89. The second kappa shape index (κ2) is 23.7. The molecule has 0 unspecified atom stereocenters. The molecule has 56 heavy (non-hydrogen) atoms. The summed E-state index contributed by atoms with van der Waals surface area (Å²) in [4.78, 5) is 0. The predicted octanol–water partition coefficient (Wildman–Crippen LogP) is 9.01. The van der Waals surface area contributed by atoms with Gasteiger partial charge in [0.25, 0.3) is 0 Å². The molecule has 0 saturated carbocycles. The van der Waals surface area contributed by atoms with Crippen molar-refractivity contribution in [1.82, 2.24) is 0 Å². The van der Waals surface area contributed by atoms with Crippen LogP contribution in [0, 0.1) is 0 Å². The smallest absolute Gasteiger partial charge is 0.115 e. The van der Waals surface area contributed by atoms with Gasteiger partial charge in [0, 0.05) is 6.61 Å². The minimum atomic E-state index is -0.524. The van der Waals surface area contributed by atoms with E-state index in [4.69, 9.17) is 33.2 Å². The Morgan fingerprint density at radius 1 is 0.446 bits per heavy atom. The maximum Gasteiger partial charge on any atom is 0.115 e. The highest BCUT2D eigenvalue weighted by Gasteiger charge is 2.49. The van der Waals surface area contributed by atoms with Gasteiger partial charge in [-0.3, -0.25) is 0 Å². The summed E-state index contributed by atoms with van der Waals surface area (Å²) >= 11 is 0. The number of unbranched alkanes of at least 4 members (excludes halogenated alkanes) is 5. The minimum Gasteiger partial charge on any atom is -0.394 e. The number of aliphatic hydroxyl groups excluding tert-OH is 1. The minimum absolute atomic E-state index is 0.169. The SMILES string of the molecule is CCCCCCCCOC[C@H]1O[C@H](CC[C@H]2O[C@H](CO)[C@@H](OCc3ccccc3)[C@@H]2OCc2ccccc2)[C@@H](OCc2ccccc2)[C@@H]1OCc1ccccc1. The molecule has 0 bridgehead atoms. The molecule has 2 heterocycles. The zero-order chi connectivity index (χ0) is 38.6. The third-order valence-electron chi connectivity index (χ3n) is 10.8. The van der Waals surface area contributed by atoms with Crippen LogP contribution in [0.2, 0.25) is 0 Å². The van der Waals surface area contributed by atoms with Crippen molar-refractivity contribution in [1.29, 1.82) is 0 Å². The van der Waals surface area contributed by atoms with Crippen molar-refractivity contribution in [2.24, 2.45) is 0 Å². The summed E-state index contributed by atoms with van der Waals surface area (Å²) in [5, 5.41) is 10.5. The van der Waals surface area contributed by atoms with Gasteiger partial charge in [-0.1, -0.05) is 160 Å². The van der Waals surface area contributed by atoms with Gasteiger partial charge in [-0.2, -0.15) is 0 Å². The Balaban J connectivity index is 1.17. The van der Waals surface area contributed by atoms with Gasteiger partial charge in [-0.05, 0) is 41.5 Å². The van der Waals surface area contributed by atoms with Gasteiger partial charge in [0.15, 0.2) is 0 Å². The molecule has 2 saturated heterocycles. The van der Waals surface area contributed by atoms with Crippen LogP contribution in [0.15, 0.2) is 121 Å². The van der Waals surface area contributed by atoms with Crippen LogP contribution in [0.25, 0.3) is 0 Å². The summed E-state index contributed by atoms with van der Waals surface area (Å²) < 4.78 is 46.4. The molecule has 0 amide bonds. The summed E-state index contributed by atoms with van der Waals surface area (Å²) in [5.41, 5.74) is 4.31. The highest BCUT2D eigenvalue weighted by atomic mass is 16.6. The first-order valence-corrected chi connectivity index (χ1v) is 20.8.